The molecule has 3 rings (SSSR count). The predicted octanol–water partition coefficient (Wildman–Crippen LogP) is 2.96. The maximum atomic E-state index is 6.55. The fourth-order valence-electron chi connectivity index (χ4n) is 2.54. The highest BCUT2D eigenvalue weighted by atomic mass is 32.1. The molecule has 0 aromatic carbocycles. The van der Waals surface area contributed by atoms with Crippen LogP contribution in [0.2, 0.25) is 0 Å². The van der Waals surface area contributed by atoms with Crippen molar-refractivity contribution in [2.45, 2.75) is 38.1 Å². The van der Waals surface area contributed by atoms with Crippen LogP contribution < -0.4 is 5.73 Å². The minimum atomic E-state index is -0.238. The average Bonchev–Trinajstić information content (AvgIpc) is 2.94. The molecule has 2 aromatic rings. The van der Waals surface area contributed by atoms with Crippen molar-refractivity contribution in [3.05, 3.63) is 29.0 Å². The molecule has 1 aliphatic carbocycles. The van der Waals surface area contributed by atoms with E-state index in [9.17, 15) is 0 Å². The Morgan fingerprint density at radius 3 is 2.74 bits per heavy atom. The molecule has 2 heterocycles. The van der Waals surface area contributed by atoms with Crippen LogP contribution in [-0.2, 0) is 5.54 Å². The number of rotatable bonds is 2. The Morgan fingerprint density at radius 2 is 2.05 bits per heavy atom. The zero-order valence-electron chi connectivity index (χ0n) is 11.0. The van der Waals surface area contributed by atoms with E-state index >= 15 is 0 Å². The molecule has 0 bridgehead atoms. The number of aromatic nitrogens is 3. The van der Waals surface area contributed by atoms with E-state index in [1.165, 1.54) is 12.8 Å². The van der Waals surface area contributed by atoms with Gasteiger partial charge in [-0.3, -0.25) is 9.97 Å². The van der Waals surface area contributed by atoms with Gasteiger partial charge in [0.25, 0.3) is 0 Å². The molecule has 2 N–H and O–H groups in total. The number of hydrogen-bond donors (Lipinski definition) is 1. The third kappa shape index (κ3) is 2.53. The van der Waals surface area contributed by atoms with Crippen LogP contribution >= 0.6 is 11.3 Å². The molecule has 0 spiro atoms. The average molecular weight is 274 g/mol. The number of thiazole rings is 1. The van der Waals surface area contributed by atoms with E-state index < -0.39 is 0 Å². The molecule has 2 aromatic heterocycles. The van der Waals surface area contributed by atoms with Crippen molar-refractivity contribution in [2.75, 3.05) is 0 Å². The topological polar surface area (TPSA) is 64.7 Å². The van der Waals surface area contributed by atoms with Crippen molar-refractivity contribution in [3.8, 4) is 11.4 Å². The first-order chi connectivity index (χ1) is 9.17. The monoisotopic (exact) mass is 274 g/mol. The summed E-state index contributed by atoms with van der Waals surface area (Å²) in [7, 11) is 0. The Labute approximate surface area is 117 Å². The molecule has 0 saturated heterocycles. The fraction of sp³-hybridized carbons (Fsp3) is 0.500. The van der Waals surface area contributed by atoms with Gasteiger partial charge in [-0.2, -0.15) is 0 Å². The normalized spacial score (nSPS) is 27.4. The van der Waals surface area contributed by atoms with Gasteiger partial charge < -0.3 is 5.73 Å². The minimum absolute atomic E-state index is 0.238. The molecule has 1 fully saturated rings. The van der Waals surface area contributed by atoms with Gasteiger partial charge in [-0.05, 0) is 31.6 Å². The molecule has 0 amide bonds. The summed E-state index contributed by atoms with van der Waals surface area (Å²) < 4.78 is 0. The van der Waals surface area contributed by atoms with Crippen LogP contribution in [0.5, 0.6) is 0 Å². The molecule has 0 aliphatic heterocycles. The molecule has 19 heavy (non-hydrogen) atoms. The van der Waals surface area contributed by atoms with E-state index in [0.717, 1.165) is 35.2 Å². The summed E-state index contributed by atoms with van der Waals surface area (Å²) in [5, 5.41) is 3.08. The molecular formula is C14H18N4S. The predicted molar refractivity (Wildman–Crippen MR) is 76.6 cm³/mol. The van der Waals surface area contributed by atoms with Crippen LogP contribution in [0.1, 0.15) is 37.6 Å². The van der Waals surface area contributed by atoms with Crippen molar-refractivity contribution < 1.29 is 0 Å². The van der Waals surface area contributed by atoms with Gasteiger partial charge in [-0.1, -0.05) is 6.92 Å². The lowest BCUT2D eigenvalue weighted by atomic mass is 9.78. The molecule has 0 unspecified atom stereocenters. The summed E-state index contributed by atoms with van der Waals surface area (Å²) in [6.07, 6.45) is 9.54. The first-order valence-electron chi connectivity index (χ1n) is 6.69. The van der Waals surface area contributed by atoms with Crippen LogP contribution in [0.25, 0.3) is 11.4 Å². The second kappa shape index (κ2) is 4.98. The highest BCUT2D eigenvalue weighted by Crippen LogP contribution is 2.39. The maximum absolute atomic E-state index is 6.55. The summed E-state index contributed by atoms with van der Waals surface area (Å²) in [5.41, 5.74) is 8.01. The van der Waals surface area contributed by atoms with Gasteiger partial charge in [0, 0.05) is 17.8 Å². The maximum Gasteiger partial charge on any atom is 0.113 e. The Bertz CT molecular complexity index is 544. The SMILES string of the molecule is CC1CCC(N)(c2nc(-c3cnccn3)cs2)CC1. The standard InChI is InChI=1S/C14H18N4S/c1-10-2-4-14(15,5-3-10)13-18-12(9-19-13)11-8-16-6-7-17-11/h6-10H,2-5,15H2,1H3. The van der Waals surface area contributed by atoms with Gasteiger partial charge >= 0.3 is 0 Å². The Morgan fingerprint density at radius 1 is 1.26 bits per heavy atom. The van der Waals surface area contributed by atoms with E-state index in [2.05, 4.69) is 16.9 Å². The van der Waals surface area contributed by atoms with Crippen LogP contribution in [0.3, 0.4) is 0 Å². The third-order valence-electron chi connectivity index (χ3n) is 3.92. The van der Waals surface area contributed by atoms with E-state index in [1.807, 2.05) is 5.38 Å². The van der Waals surface area contributed by atoms with E-state index in [-0.39, 0.29) is 5.54 Å². The quantitative estimate of drug-likeness (QED) is 0.914. The summed E-state index contributed by atoms with van der Waals surface area (Å²) in [4.78, 5) is 13.1. The number of hydrogen-bond acceptors (Lipinski definition) is 5. The van der Waals surface area contributed by atoms with Crippen molar-refractivity contribution in [1.29, 1.82) is 0 Å². The van der Waals surface area contributed by atoms with Crippen LogP contribution in [0.15, 0.2) is 24.0 Å². The fourth-order valence-corrected chi connectivity index (χ4v) is 3.53. The lowest BCUT2D eigenvalue weighted by molar-refractivity contribution is 0.247. The molecule has 0 atom stereocenters. The summed E-state index contributed by atoms with van der Waals surface area (Å²) in [6.45, 7) is 2.30. The van der Waals surface area contributed by atoms with Gasteiger partial charge in [-0.25, -0.2) is 4.98 Å². The number of nitrogens with zero attached hydrogens (tertiary/aromatic N) is 3. The Kier molecular flexibility index (Phi) is 3.33. The summed E-state index contributed by atoms with van der Waals surface area (Å²) >= 11 is 1.65. The zero-order valence-corrected chi connectivity index (χ0v) is 11.9. The largest absolute Gasteiger partial charge is 0.319 e. The molecule has 4 nitrogen and oxygen atoms in total. The van der Waals surface area contributed by atoms with Crippen molar-refractivity contribution in [3.63, 3.8) is 0 Å². The smallest absolute Gasteiger partial charge is 0.113 e. The molecule has 100 valence electrons. The van der Waals surface area contributed by atoms with E-state index in [4.69, 9.17) is 10.7 Å². The van der Waals surface area contributed by atoms with Crippen molar-refractivity contribution in [2.24, 2.45) is 11.7 Å². The van der Waals surface area contributed by atoms with Crippen molar-refractivity contribution in [1.82, 2.24) is 15.0 Å². The van der Waals surface area contributed by atoms with Gasteiger partial charge in [0.15, 0.2) is 0 Å². The van der Waals surface area contributed by atoms with E-state index in [1.54, 1.807) is 29.9 Å². The van der Waals surface area contributed by atoms with Gasteiger partial charge in [0.2, 0.25) is 0 Å². The van der Waals surface area contributed by atoms with Gasteiger partial charge in [0.1, 0.15) is 16.4 Å². The van der Waals surface area contributed by atoms with Crippen molar-refractivity contribution >= 4 is 11.3 Å². The highest BCUT2D eigenvalue weighted by molar-refractivity contribution is 7.10. The summed E-state index contributed by atoms with van der Waals surface area (Å²) in [6, 6.07) is 0. The molecule has 1 aliphatic rings. The first kappa shape index (κ1) is 12.7. The minimum Gasteiger partial charge on any atom is -0.319 e. The molecule has 5 heteroatoms. The second-order valence-electron chi connectivity index (χ2n) is 5.47. The zero-order chi connectivity index (χ0) is 13.3. The van der Waals surface area contributed by atoms with Crippen LogP contribution in [-0.4, -0.2) is 15.0 Å². The van der Waals surface area contributed by atoms with Crippen LogP contribution in [0, 0.1) is 5.92 Å². The molecule has 1 saturated carbocycles. The summed E-state index contributed by atoms with van der Waals surface area (Å²) in [5.74, 6) is 0.788. The lowest BCUT2D eigenvalue weighted by Crippen LogP contribution is -2.40. The number of nitrogens with two attached hydrogens (primary N) is 1. The first-order valence-corrected chi connectivity index (χ1v) is 7.57. The lowest BCUT2D eigenvalue weighted by Gasteiger charge is -2.34. The van der Waals surface area contributed by atoms with Gasteiger partial charge in [-0.15, -0.1) is 11.3 Å². The van der Waals surface area contributed by atoms with E-state index in [0.29, 0.717) is 0 Å². The Balaban J connectivity index is 1.85. The third-order valence-corrected chi connectivity index (χ3v) is 4.98. The van der Waals surface area contributed by atoms with Gasteiger partial charge in [0.05, 0.1) is 11.7 Å². The second-order valence-corrected chi connectivity index (χ2v) is 6.33. The van der Waals surface area contributed by atoms with Crippen LogP contribution in [0.4, 0.5) is 0 Å². The molecular weight excluding hydrogens is 256 g/mol. The molecule has 0 radical (unpaired) electrons. The highest BCUT2D eigenvalue weighted by Gasteiger charge is 2.34. The Hall–Kier alpha value is -1.33.